The Kier molecular flexibility index (Phi) is 4.22. The first-order valence-electron chi connectivity index (χ1n) is 7.91. The van der Waals surface area contributed by atoms with Crippen molar-refractivity contribution in [2.45, 2.75) is 51.0 Å². The van der Waals surface area contributed by atoms with Crippen LogP contribution < -0.4 is 5.32 Å². The van der Waals surface area contributed by atoms with Crippen LogP contribution in [0.5, 0.6) is 0 Å². The Balaban J connectivity index is 1.47. The van der Waals surface area contributed by atoms with Crippen LogP contribution in [0.4, 0.5) is 0 Å². The van der Waals surface area contributed by atoms with Crippen molar-refractivity contribution in [3.8, 4) is 0 Å². The van der Waals surface area contributed by atoms with Gasteiger partial charge in [0.05, 0.1) is 6.10 Å². The first-order valence-corrected chi connectivity index (χ1v) is 7.91. The average molecular weight is 252 g/mol. The van der Waals surface area contributed by atoms with Crippen LogP contribution in [0.2, 0.25) is 0 Å². The molecule has 3 aliphatic heterocycles. The van der Waals surface area contributed by atoms with Crippen LogP contribution in [0, 0.1) is 5.41 Å². The fourth-order valence-electron chi connectivity index (χ4n) is 4.08. The largest absolute Gasteiger partial charge is 0.378 e. The molecule has 0 saturated carbocycles. The van der Waals surface area contributed by atoms with Crippen molar-refractivity contribution in [2.24, 2.45) is 5.41 Å². The van der Waals surface area contributed by atoms with E-state index < -0.39 is 0 Å². The second-order valence-corrected chi connectivity index (χ2v) is 6.58. The van der Waals surface area contributed by atoms with Gasteiger partial charge in [0.25, 0.3) is 0 Å². The normalized spacial score (nSPS) is 38.3. The zero-order valence-electron chi connectivity index (χ0n) is 11.6. The van der Waals surface area contributed by atoms with Crippen molar-refractivity contribution in [1.82, 2.24) is 10.2 Å². The minimum atomic E-state index is 0.562. The molecule has 0 aromatic rings. The summed E-state index contributed by atoms with van der Waals surface area (Å²) in [6, 6.07) is 0. The first kappa shape index (κ1) is 12.9. The van der Waals surface area contributed by atoms with Crippen molar-refractivity contribution >= 4 is 0 Å². The number of nitrogens with zero attached hydrogens (tertiary/aromatic N) is 1. The Morgan fingerprint density at radius 2 is 2.17 bits per heavy atom. The highest BCUT2D eigenvalue weighted by atomic mass is 16.5. The van der Waals surface area contributed by atoms with Gasteiger partial charge in [-0.2, -0.15) is 0 Å². The molecular formula is C15H28N2O. The van der Waals surface area contributed by atoms with E-state index >= 15 is 0 Å². The smallest absolute Gasteiger partial charge is 0.0588 e. The predicted octanol–water partition coefficient (Wildman–Crippen LogP) is 2.02. The van der Waals surface area contributed by atoms with Crippen LogP contribution in [0.1, 0.15) is 44.9 Å². The zero-order valence-corrected chi connectivity index (χ0v) is 11.6. The topological polar surface area (TPSA) is 24.5 Å². The summed E-state index contributed by atoms with van der Waals surface area (Å²) in [7, 11) is 0. The van der Waals surface area contributed by atoms with E-state index in [4.69, 9.17) is 4.74 Å². The minimum absolute atomic E-state index is 0.562. The van der Waals surface area contributed by atoms with Crippen LogP contribution in [0.15, 0.2) is 0 Å². The molecule has 0 radical (unpaired) electrons. The summed E-state index contributed by atoms with van der Waals surface area (Å²) >= 11 is 0. The molecule has 0 bridgehead atoms. The van der Waals surface area contributed by atoms with Gasteiger partial charge in [-0.3, -0.25) is 0 Å². The van der Waals surface area contributed by atoms with E-state index in [0.717, 1.165) is 6.61 Å². The second-order valence-electron chi connectivity index (χ2n) is 6.58. The molecule has 0 aromatic carbocycles. The fraction of sp³-hybridized carbons (Fsp3) is 1.00. The summed E-state index contributed by atoms with van der Waals surface area (Å²) in [5.74, 6) is 0. The van der Waals surface area contributed by atoms with Gasteiger partial charge in [-0.05, 0) is 63.5 Å². The van der Waals surface area contributed by atoms with Crippen molar-refractivity contribution in [3.05, 3.63) is 0 Å². The van der Waals surface area contributed by atoms with Gasteiger partial charge in [0.15, 0.2) is 0 Å². The van der Waals surface area contributed by atoms with E-state index in [0.29, 0.717) is 11.5 Å². The minimum Gasteiger partial charge on any atom is -0.378 e. The summed E-state index contributed by atoms with van der Waals surface area (Å²) in [4.78, 5) is 2.71. The highest BCUT2D eigenvalue weighted by Crippen LogP contribution is 2.36. The molecule has 1 spiro atoms. The third-order valence-electron chi connectivity index (χ3n) is 5.09. The molecule has 3 fully saturated rings. The summed E-state index contributed by atoms with van der Waals surface area (Å²) in [6.45, 7) is 7.38. The maximum absolute atomic E-state index is 5.74. The van der Waals surface area contributed by atoms with Gasteiger partial charge in [0.1, 0.15) is 0 Å². The zero-order chi connectivity index (χ0) is 12.3. The SMILES string of the molecule is C1COC(CCN2CCCC3(CCCNC3)C2)C1. The van der Waals surface area contributed by atoms with Gasteiger partial charge < -0.3 is 15.0 Å². The van der Waals surface area contributed by atoms with Crippen LogP contribution in [0.3, 0.4) is 0 Å². The molecule has 18 heavy (non-hydrogen) atoms. The summed E-state index contributed by atoms with van der Waals surface area (Å²) < 4.78 is 5.74. The number of likely N-dealkylation sites (tertiary alicyclic amines) is 1. The third kappa shape index (κ3) is 3.06. The van der Waals surface area contributed by atoms with Crippen molar-refractivity contribution in [2.75, 3.05) is 39.3 Å². The molecule has 3 rings (SSSR count). The monoisotopic (exact) mass is 252 g/mol. The fourth-order valence-corrected chi connectivity index (χ4v) is 4.08. The predicted molar refractivity (Wildman–Crippen MR) is 73.8 cm³/mol. The maximum Gasteiger partial charge on any atom is 0.0588 e. The molecule has 3 nitrogen and oxygen atoms in total. The van der Waals surface area contributed by atoms with Crippen LogP contribution in [-0.2, 0) is 4.74 Å². The van der Waals surface area contributed by atoms with Gasteiger partial charge in [-0.15, -0.1) is 0 Å². The Morgan fingerprint density at radius 3 is 2.94 bits per heavy atom. The lowest BCUT2D eigenvalue weighted by Crippen LogP contribution is -2.51. The van der Waals surface area contributed by atoms with E-state index in [9.17, 15) is 0 Å². The van der Waals surface area contributed by atoms with E-state index in [2.05, 4.69) is 10.2 Å². The molecular weight excluding hydrogens is 224 g/mol. The van der Waals surface area contributed by atoms with Crippen LogP contribution in [0.25, 0.3) is 0 Å². The highest BCUT2D eigenvalue weighted by molar-refractivity contribution is 4.91. The van der Waals surface area contributed by atoms with E-state index in [1.54, 1.807) is 0 Å². The molecule has 3 heteroatoms. The van der Waals surface area contributed by atoms with Crippen LogP contribution in [-0.4, -0.2) is 50.3 Å². The highest BCUT2D eigenvalue weighted by Gasteiger charge is 2.36. The van der Waals surface area contributed by atoms with E-state index in [1.807, 2.05) is 0 Å². The number of hydrogen-bond acceptors (Lipinski definition) is 3. The first-order chi connectivity index (χ1) is 8.86. The quantitative estimate of drug-likeness (QED) is 0.831. The number of piperidine rings is 2. The molecule has 2 atom stereocenters. The molecule has 3 aliphatic rings. The Hall–Kier alpha value is -0.120. The van der Waals surface area contributed by atoms with E-state index in [-0.39, 0.29) is 0 Å². The lowest BCUT2D eigenvalue weighted by molar-refractivity contribution is 0.0452. The maximum atomic E-state index is 5.74. The number of rotatable bonds is 3. The van der Waals surface area contributed by atoms with Gasteiger partial charge in [0, 0.05) is 26.2 Å². The molecule has 3 heterocycles. The molecule has 3 saturated heterocycles. The van der Waals surface area contributed by atoms with Crippen molar-refractivity contribution < 1.29 is 4.74 Å². The summed E-state index contributed by atoms with van der Waals surface area (Å²) in [5.41, 5.74) is 0.604. The van der Waals surface area contributed by atoms with Gasteiger partial charge >= 0.3 is 0 Å². The molecule has 0 aliphatic carbocycles. The standard InChI is InChI=1S/C15H28N2O/c1-4-14(18-11-1)5-10-17-9-3-7-15(13-17)6-2-8-16-12-15/h14,16H,1-13H2. The number of ether oxygens (including phenoxy) is 1. The molecule has 2 unspecified atom stereocenters. The third-order valence-corrected chi connectivity index (χ3v) is 5.09. The van der Waals surface area contributed by atoms with E-state index in [1.165, 1.54) is 77.7 Å². The van der Waals surface area contributed by atoms with Gasteiger partial charge in [-0.1, -0.05) is 0 Å². The second kappa shape index (κ2) is 5.89. The lowest BCUT2D eigenvalue weighted by atomic mass is 9.74. The van der Waals surface area contributed by atoms with Crippen molar-refractivity contribution in [1.29, 1.82) is 0 Å². The Bertz CT molecular complexity index is 252. The van der Waals surface area contributed by atoms with Crippen LogP contribution >= 0.6 is 0 Å². The number of hydrogen-bond donors (Lipinski definition) is 1. The molecule has 0 aromatic heterocycles. The lowest BCUT2D eigenvalue weighted by Gasteiger charge is -2.45. The Morgan fingerprint density at radius 1 is 1.22 bits per heavy atom. The molecule has 104 valence electrons. The number of nitrogens with one attached hydrogen (secondary N) is 1. The van der Waals surface area contributed by atoms with Gasteiger partial charge in [-0.25, -0.2) is 0 Å². The van der Waals surface area contributed by atoms with Crippen molar-refractivity contribution in [3.63, 3.8) is 0 Å². The van der Waals surface area contributed by atoms with Gasteiger partial charge in [0.2, 0.25) is 0 Å². The molecule has 1 N–H and O–H groups in total. The average Bonchev–Trinajstić information content (AvgIpc) is 2.91. The summed E-state index contributed by atoms with van der Waals surface area (Å²) in [5, 5.41) is 3.61. The summed E-state index contributed by atoms with van der Waals surface area (Å²) in [6.07, 6.45) is 10.0. The Labute approximate surface area is 111 Å². The molecule has 0 amide bonds.